The first-order chi connectivity index (χ1) is 18.0. The van der Waals surface area contributed by atoms with E-state index in [1.54, 1.807) is 6.07 Å². The third-order valence-corrected chi connectivity index (χ3v) is 7.32. The molecule has 2 aliphatic heterocycles. The third kappa shape index (κ3) is 3.39. The van der Waals surface area contributed by atoms with Gasteiger partial charge in [-0.3, -0.25) is 0 Å². The molecule has 4 aromatic carbocycles. The number of para-hydroxylation sites is 1. The number of rotatable bonds is 5. The predicted octanol–water partition coefficient (Wildman–Crippen LogP) is 7.29. The molecule has 186 valence electrons. The summed E-state index contributed by atoms with van der Waals surface area (Å²) >= 11 is 0. The van der Waals surface area contributed by atoms with Crippen LogP contribution in [0.4, 0.5) is 21.5 Å². The van der Waals surface area contributed by atoms with Crippen molar-refractivity contribution in [1.82, 2.24) is 0 Å². The van der Waals surface area contributed by atoms with Gasteiger partial charge in [-0.1, -0.05) is 42.5 Å². The summed E-state index contributed by atoms with van der Waals surface area (Å²) in [6, 6.07) is 24.4. The van der Waals surface area contributed by atoms with E-state index < -0.39 is 5.60 Å². The molecule has 0 saturated carbocycles. The van der Waals surface area contributed by atoms with Crippen molar-refractivity contribution in [1.29, 1.82) is 0 Å². The van der Waals surface area contributed by atoms with Gasteiger partial charge in [0.25, 0.3) is 0 Å². The summed E-state index contributed by atoms with van der Waals surface area (Å²) in [4.78, 5) is 15.0. The summed E-state index contributed by atoms with van der Waals surface area (Å²) in [5.74, 6) is 0.540. The van der Waals surface area contributed by atoms with Crippen LogP contribution in [0, 0.1) is 12.7 Å². The van der Waals surface area contributed by atoms with Crippen molar-refractivity contribution >= 4 is 23.0 Å². The summed E-state index contributed by atoms with van der Waals surface area (Å²) < 4.78 is 28.2. The van der Waals surface area contributed by atoms with Crippen molar-refractivity contribution in [2.75, 3.05) is 23.3 Å². The van der Waals surface area contributed by atoms with Gasteiger partial charge in [-0.05, 0) is 62.7 Å². The first-order valence-corrected chi connectivity index (χ1v) is 12.5. The number of benzene rings is 4. The zero-order valence-corrected chi connectivity index (χ0v) is 21.0. The van der Waals surface area contributed by atoms with Gasteiger partial charge in [-0.2, -0.15) is 0 Å². The Morgan fingerprint density at radius 2 is 1.57 bits per heavy atom. The summed E-state index contributed by atoms with van der Waals surface area (Å²) in [5.41, 5.74) is 4.00. The number of halogens is 1. The van der Waals surface area contributed by atoms with Gasteiger partial charge in [0, 0.05) is 35.5 Å². The Morgan fingerprint density at radius 1 is 0.865 bits per heavy atom. The van der Waals surface area contributed by atoms with Crippen molar-refractivity contribution < 1.29 is 18.7 Å². The normalized spacial score (nSPS) is 16.9. The van der Waals surface area contributed by atoms with Crippen LogP contribution in [0.1, 0.15) is 46.5 Å². The van der Waals surface area contributed by atoms with E-state index in [1.165, 1.54) is 0 Å². The fraction of sp³-hybridized carbons (Fsp3) is 0.194. The molecule has 0 amide bonds. The van der Waals surface area contributed by atoms with Gasteiger partial charge in [-0.25, -0.2) is 9.18 Å². The number of aryl methyl sites for hydroxylation is 1. The highest BCUT2D eigenvalue weighted by Crippen LogP contribution is 2.56. The lowest BCUT2D eigenvalue weighted by molar-refractivity contribution is 0.0224. The lowest BCUT2D eigenvalue weighted by Crippen LogP contribution is -2.33. The van der Waals surface area contributed by atoms with Crippen LogP contribution in [0.5, 0.6) is 11.5 Å². The van der Waals surface area contributed by atoms with E-state index >= 15 is 4.39 Å². The molecule has 0 bridgehead atoms. The number of ether oxygens (including phenoxy) is 2. The van der Waals surface area contributed by atoms with Crippen molar-refractivity contribution in [2.45, 2.75) is 26.4 Å². The second-order valence-electron chi connectivity index (χ2n) is 9.31. The number of fused-ring (bicyclic) bond motifs is 6. The topological polar surface area (TPSA) is 50.8 Å². The minimum atomic E-state index is -1.16. The SMILES string of the molecule is CCN(CC)c1ccc(C)c(Nc2ccc3c(c2)C2(OC(=O)c4ccccc42)c2ccccc2O3)c1F. The molecular weight excluding hydrogens is 467 g/mol. The largest absolute Gasteiger partial charge is 0.456 e. The monoisotopic (exact) mass is 494 g/mol. The fourth-order valence-corrected chi connectivity index (χ4v) is 5.47. The predicted molar refractivity (Wildman–Crippen MR) is 143 cm³/mol. The second kappa shape index (κ2) is 8.66. The van der Waals surface area contributed by atoms with E-state index in [-0.39, 0.29) is 11.8 Å². The fourth-order valence-electron chi connectivity index (χ4n) is 5.47. The minimum Gasteiger partial charge on any atom is -0.456 e. The van der Waals surface area contributed by atoms with Crippen LogP contribution in [-0.4, -0.2) is 19.1 Å². The zero-order valence-electron chi connectivity index (χ0n) is 21.0. The van der Waals surface area contributed by atoms with E-state index in [0.717, 1.165) is 16.7 Å². The molecule has 0 radical (unpaired) electrons. The first kappa shape index (κ1) is 23.1. The Bertz CT molecular complexity index is 1550. The van der Waals surface area contributed by atoms with Gasteiger partial charge < -0.3 is 19.7 Å². The molecule has 1 spiro atoms. The van der Waals surface area contributed by atoms with Crippen LogP contribution in [-0.2, 0) is 10.3 Å². The second-order valence-corrected chi connectivity index (χ2v) is 9.31. The molecule has 0 saturated heterocycles. The van der Waals surface area contributed by atoms with Gasteiger partial charge in [-0.15, -0.1) is 0 Å². The molecule has 5 nitrogen and oxygen atoms in total. The van der Waals surface area contributed by atoms with Crippen molar-refractivity contribution in [2.24, 2.45) is 0 Å². The Kier molecular flexibility index (Phi) is 5.41. The van der Waals surface area contributed by atoms with Crippen LogP contribution in [0.3, 0.4) is 0 Å². The zero-order chi connectivity index (χ0) is 25.7. The molecule has 0 aromatic heterocycles. The van der Waals surface area contributed by atoms with E-state index in [2.05, 4.69) is 5.32 Å². The van der Waals surface area contributed by atoms with Crippen molar-refractivity contribution in [3.63, 3.8) is 0 Å². The van der Waals surface area contributed by atoms with E-state index in [9.17, 15) is 4.79 Å². The van der Waals surface area contributed by atoms with Crippen LogP contribution in [0.15, 0.2) is 78.9 Å². The number of esters is 1. The standard InChI is InChI=1S/C31H27FN2O3/c1-4-34(5-2)25-16-14-19(3)29(28(25)32)33-20-15-17-27-24(18-20)31(23-12-8-9-13-26(23)36-27)22-11-7-6-10-21(22)30(35)37-31/h6-18,33H,4-5H2,1-3H3. The number of anilines is 3. The average molecular weight is 495 g/mol. The number of hydrogen-bond acceptors (Lipinski definition) is 5. The maximum Gasteiger partial charge on any atom is 0.340 e. The van der Waals surface area contributed by atoms with Gasteiger partial charge >= 0.3 is 5.97 Å². The van der Waals surface area contributed by atoms with Gasteiger partial charge in [0.15, 0.2) is 11.4 Å². The lowest BCUT2D eigenvalue weighted by Gasteiger charge is -2.36. The quantitative estimate of drug-likeness (QED) is 0.295. The number of nitrogens with one attached hydrogen (secondary N) is 1. The van der Waals surface area contributed by atoms with E-state index in [1.807, 2.05) is 98.5 Å². The molecule has 1 atom stereocenters. The Hall–Kier alpha value is -4.32. The molecule has 2 aliphatic rings. The highest BCUT2D eigenvalue weighted by Gasteiger charge is 2.53. The molecular formula is C31H27FN2O3. The smallest absolute Gasteiger partial charge is 0.340 e. The summed E-state index contributed by atoms with van der Waals surface area (Å²) in [5, 5.41) is 3.30. The number of carbonyl (C=O) groups is 1. The number of carbonyl (C=O) groups excluding carboxylic acids is 1. The summed E-state index contributed by atoms with van der Waals surface area (Å²) in [7, 11) is 0. The highest BCUT2D eigenvalue weighted by atomic mass is 19.1. The molecule has 2 heterocycles. The van der Waals surface area contributed by atoms with Crippen molar-refractivity contribution in [3.8, 4) is 11.5 Å². The summed E-state index contributed by atoms with van der Waals surface area (Å²) in [6.07, 6.45) is 0. The number of hydrogen-bond donors (Lipinski definition) is 1. The summed E-state index contributed by atoms with van der Waals surface area (Å²) in [6.45, 7) is 7.32. The molecule has 1 N–H and O–H groups in total. The molecule has 0 fully saturated rings. The molecule has 1 unspecified atom stereocenters. The number of nitrogens with zero attached hydrogens (tertiary/aromatic N) is 1. The van der Waals surface area contributed by atoms with Crippen LogP contribution < -0.4 is 15.0 Å². The van der Waals surface area contributed by atoms with E-state index in [4.69, 9.17) is 9.47 Å². The van der Waals surface area contributed by atoms with Crippen LogP contribution in [0.25, 0.3) is 0 Å². The Balaban J connectivity index is 1.51. The molecule has 4 aromatic rings. The minimum absolute atomic E-state index is 0.296. The molecule has 0 aliphatic carbocycles. The Morgan fingerprint density at radius 3 is 2.35 bits per heavy atom. The maximum absolute atomic E-state index is 15.7. The Labute approximate surface area is 215 Å². The van der Waals surface area contributed by atoms with Gasteiger partial charge in [0.05, 0.1) is 16.9 Å². The molecule has 6 rings (SSSR count). The van der Waals surface area contributed by atoms with Crippen LogP contribution >= 0.6 is 0 Å². The third-order valence-electron chi connectivity index (χ3n) is 7.32. The van der Waals surface area contributed by atoms with Crippen molar-refractivity contribution in [3.05, 3.63) is 112 Å². The van der Waals surface area contributed by atoms with Gasteiger partial charge in [0.2, 0.25) is 0 Å². The maximum atomic E-state index is 15.7. The van der Waals surface area contributed by atoms with Gasteiger partial charge in [0.1, 0.15) is 11.5 Å². The average Bonchev–Trinajstić information content (AvgIpc) is 3.22. The highest BCUT2D eigenvalue weighted by molar-refractivity contribution is 5.97. The lowest BCUT2D eigenvalue weighted by atomic mass is 9.77. The molecule has 6 heteroatoms. The van der Waals surface area contributed by atoms with Crippen LogP contribution in [0.2, 0.25) is 0 Å². The van der Waals surface area contributed by atoms with E-state index in [0.29, 0.717) is 52.8 Å². The first-order valence-electron chi connectivity index (χ1n) is 12.5. The molecule has 37 heavy (non-hydrogen) atoms.